The maximum absolute atomic E-state index is 2.69. The van der Waals surface area contributed by atoms with E-state index in [0.29, 0.717) is 6.04 Å². The fraction of sp³-hybridized carbons (Fsp3) is 0.391. The molecule has 126 valence electrons. The first-order chi connectivity index (χ1) is 11.8. The van der Waals surface area contributed by atoms with Gasteiger partial charge in [-0.15, -0.1) is 0 Å². The summed E-state index contributed by atoms with van der Waals surface area (Å²) in [5.74, 6) is 0. The van der Waals surface area contributed by atoms with Crippen LogP contribution in [0.1, 0.15) is 50.2 Å². The molecule has 0 atom stereocenters. The van der Waals surface area contributed by atoms with Crippen molar-refractivity contribution >= 4 is 0 Å². The molecule has 24 heavy (non-hydrogen) atoms. The average molecular weight is 319 g/mol. The maximum atomic E-state index is 2.69. The van der Waals surface area contributed by atoms with Crippen molar-refractivity contribution in [2.24, 2.45) is 0 Å². The Bertz CT molecular complexity index is 578. The van der Waals surface area contributed by atoms with Gasteiger partial charge in [-0.1, -0.05) is 79.2 Å². The quantitative estimate of drug-likeness (QED) is 0.593. The van der Waals surface area contributed by atoms with Gasteiger partial charge in [0, 0.05) is 19.1 Å². The van der Waals surface area contributed by atoms with E-state index in [1.165, 1.54) is 43.2 Å². The van der Waals surface area contributed by atoms with Gasteiger partial charge < -0.3 is 0 Å². The second-order valence-corrected chi connectivity index (χ2v) is 6.88. The molecule has 1 saturated carbocycles. The molecule has 1 aliphatic carbocycles. The first-order valence-corrected chi connectivity index (χ1v) is 9.35. The zero-order chi connectivity index (χ0) is 16.6. The van der Waals surface area contributed by atoms with Gasteiger partial charge in [0.2, 0.25) is 0 Å². The Balaban J connectivity index is 1.71. The maximum Gasteiger partial charge on any atom is 0.0240 e. The Morgan fingerprint density at radius 3 is 1.79 bits per heavy atom. The Morgan fingerprint density at radius 1 is 0.833 bits per heavy atom. The fourth-order valence-electron chi connectivity index (χ4n) is 3.78. The number of nitrogens with zero attached hydrogens (tertiary/aromatic N) is 1. The molecule has 0 radical (unpaired) electrons. The monoisotopic (exact) mass is 319 g/mol. The lowest BCUT2D eigenvalue weighted by atomic mass is 9.89. The van der Waals surface area contributed by atoms with Gasteiger partial charge in [-0.25, -0.2) is 0 Å². The molecule has 2 aromatic rings. The van der Waals surface area contributed by atoms with Crippen LogP contribution in [-0.2, 0) is 13.1 Å². The van der Waals surface area contributed by atoms with E-state index >= 15 is 0 Å². The van der Waals surface area contributed by atoms with Gasteiger partial charge in [-0.3, -0.25) is 4.90 Å². The molecule has 0 aliphatic heterocycles. The number of hydrogen-bond donors (Lipinski definition) is 0. The number of hydrogen-bond acceptors (Lipinski definition) is 1. The molecule has 0 saturated heterocycles. The highest BCUT2D eigenvalue weighted by Crippen LogP contribution is 2.29. The van der Waals surface area contributed by atoms with Gasteiger partial charge in [0.1, 0.15) is 0 Å². The minimum atomic E-state index is 0.694. The third kappa shape index (κ3) is 4.82. The lowest BCUT2D eigenvalue weighted by Gasteiger charge is -2.35. The van der Waals surface area contributed by atoms with E-state index in [0.717, 1.165) is 13.1 Å². The summed E-state index contributed by atoms with van der Waals surface area (Å²) in [6.45, 7) is 4.34. The molecule has 3 rings (SSSR count). The fourth-order valence-corrected chi connectivity index (χ4v) is 3.78. The van der Waals surface area contributed by atoms with Crippen LogP contribution >= 0.6 is 0 Å². The van der Waals surface area contributed by atoms with Crippen LogP contribution in [-0.4, -0.2) is 10.9 Å². The minimum Gasteiger partial charge on any atom is -0.292 e. The van der Waals surface area contributed by atoms with Crippen molar-refractivity contribution in [3.05, 3.63) is 83.4 Å². The molecule has 1 aliphatic rings. The first-order valence-electron chi connectivity index (χ1n) is 9.35. The molecule has 0 N–H and O–H groups in total. The van der Waals surface area contributed by atoms with Gasteiger partial charge >= 0.3 is 0 Å². The van der Waals surface area contributed by atoms with Crippen molar-refractivity contribution in [3.63, 3.8) is 0 Å². The van der Waals surface area contributed by atoms with Crippen LogP contribution in [0.3, 0.4) is 0 Å². The number of rotatable bonds is 6. The highest BCUT2D eigenvalue weighted by molar-refractivity contribution is 5.18. The van der Waals surface area contributed by atoms with E-state index in [1.54, 1.807) is 5.57 Å². The predicted octanol–water partition coefficient (Wildman–Crippen LogP) is 5.97. The molecule has 0 unspecified atom stereocenters. The minimum absolute atomic E-state index is 0.694. The number of allylic oxidation sites excluding steroid dienone is 2. The summed E-state index contributed by atoms with van der Waals surface area (Å²) in [7, 11) is 0. The summed E-state index contributed by atoms with van der Waals surface area (Å²) in [5.41, 5.74) is 4.51. The van der Waals surface area contributed by atoms with Crippen LogP contribution in [0.25, 0.3) is 0 Å². The Kier molecular flexibility index (Phi) is 6.26. The normalized spacial score (nSPS) is 17.9. The molecule has 0 bridgehead atoms. The summed E-state index contributed by atoms with van der Waals surface area (Å²) in [6, 6.07) is 22.5. The molecule has 1 nitrogen and oxygen atoms in total. The molecule has 2 aromatic carbocycles. The van der Waals surface area contributed by atoms with E-state index < -0.39 is 0 Å². The topological polar surface area (TPSA) is 3.24 Å². The van der Waals surface area contributed by atoms with Crippen LogP contribution in [0.5, 0.6) is 0 Å². The van der Waals surface area contributed by atoms with Gasteiger partial charge in [0.05, 0.1) is 0 Å². The van der Waals surface area contributed by atoms with Crippen molar-refractivity contribution in [1.82, 2.24) is 4.90 Å². The third-order valence-electron chi connectivity index (χ3n) is 5.06. The largest absolute Gasteiger partial charge is 0.292 e. The summed E-state index contributed by atoms with van der Waals surface area (Å²) in [6.07, 6.45) is 8.76. The van der Waals surface area contributed by atoms with Gasteiger partial charge in [-0.2, -0.15) is 0 Å². The summed E-state index contributed by atoms with van der Waals surface area (Å²) in [5, 5.41) is 0. The van der Waals surface area contributed by atoms with Crippen molar-refractivity contribution < 1.29 is 0 Å². The first kappa shape index (κ1) is 17.0. The van der Waals surface area contributed by atoms with Crippen molar-refractivity contribution in [1.29, 1.82) is 0 Å². The van der Waals surface area contributed by atoms with E-state index in [1.807, 2.05) is 0 Å². The van der Waals surface area contributed by atoms with Gasteiger partial charge in [0.25, 0.3) is 0 Å². The molecule has 0 aromatic heterocycles. The lowest BCUT2D eigenvalue weighted by molar-refractivity contribution is 0.150. The SMILES string of the molecule is CCC=C1CCC(N(Cc2ccccc2)Cc2ccccc2)CC1. The summed E-state index contributed by atoms with van der Waals surface area (Å²) >= 11 is 0. The van der Waals surface area contributed by atoms with Crippen LogP contribution in [0, 0.1) is 0 Å². The smallest absolute Gasteiger partial charge is 0.0240 e. The lowest BCUT2D eigenvalue weighted by Crippen LogP contribution is -2.36. The number of benzene rings is 2. The molecular formula is C23H29N. The van der Waals surface area contributed by atoms with Crippen molar-refractivity contribution in [3.8, 4) is 0 Å². The molecule has 1 heteroatoms. The Labute approximate surface area is 147 Å². The molecule has 0 heterocycles. The van der Waals surface area contributed by atoms with Crippen molar-refractivity contribution in [2.75, 3.05) is 0 Å². The van der Waals surface area contributed by atoms with E-state index in [2.05, 4.69) is 78.6 Å². The average Bonchev–Trinajstić information content (AvgIpc) is 2.64. The van der Waals surface area contributed by atoms with Crippen LogP contribution < -0.4 is 0 Å². The van der Waals surface area contributed by atoms with Crippen LogP contribution in [0.15, 0.2) is 72.3 Å². The Morgan fingerprint density at radius 2 is 1.33 bits per heavy atom. The third-order valence-corrected chi connectivity index (χ3v) is 5.06. The molecule has 0 amide bonds. The van der Waals surface area contributed by atoms with E-state index in [9.17, 15) is 0 Å². The van der Waals surface area contributed by atoms with Gasteiger partial charge in [-0.05, 0) is 43.2 Å². The van der Waals surface area contributed by atoms with E-state index in [-0.39, 0.29) is 0 Å². The molecule has 1 fully saturated rings. The second-order valence-electron chi connectivity index (χ2n) is 6.88. The zero-order valence-corrected chi connectivity index (χ0v) is 14.8. The van der Waals surface area contributed by atoms with Gasteiger partial charge in [0.15, 0.2) is 0 Å². The molecular weight excluding hydrogens is 290 g/mol. The summed E-state index contributed by atoms with van der Waals surface area (Å²) in [4.78, 5) is 2.69. The second kappa shape index (κ2) is 8.84. The predicted molar refractivity (Wildman–Crippen MR) is 103 cm³/mol. The molecule has 0 spiro atoms. The van der Waals surface area contributed by atoms with Crippen LogP contribution in [0.4, 0.5) is 0 Å². The van der Waals surface area contributed by atoms with Crippen molar-refractivity contribution in [2.45, 2.75) is 58.2 Å². The highest BCUT2D eigenvalue weighted by Gasteiger charge is 2.23. The zero-order valence-electron chi connectivity index (χ0n) is 14.8. The summed E-state index contributed by atoms with van der Waals surface area (Å²) < 4.78 is 0. The Hall–Kier alpha value is -1.86. The van der Waals surface area contributed by atoms with E-state index in [4.69, 9.17) is 0 Å². The standard InChI is InChI=1S/C23H29N/c1-2-9-20-14-16-23(17-15-20)24(18-21-10-5-3-6-11-21)19-22-12-7-4-8-13-22/h3-13,23H,2,14-19H2,1H3. The van der Waals surface area contributed by atoms with Crippen LogP contribution in [0.2, 0.25) is 0 Å². The highest BCUT2D eigenvalue weighted by atomic mass is 15.2.